The van der Waals surface area contributed by atoms with Gasteiger partial charge in [-0.2, -0.15) is 0 Å². The lowest BCUT2D eigenvalue weighted by Gasteiger charge is -2.28. The lowest BCUT2D eigenvalue weighted by atomic mass is 10.0. The van der Waals surface area contributed by atoms with Crippen molar-refractivity contribution in [2.24, 2.45) is 0 Å². The van der Waals surface area contributed by atoms with Crippen molar-refractivity contribution in [1.29, 1.82) is 0 Å². The van der Waals surface area contributed by atoms with Crippen molar-refractivity contribution in [3.63, 3.8) is 0 Å². The maximum Gasteiger partial charge on any atom is 0.159 e. The van der Waals surface area contributed by atoms with Crippen LogP contribution < -0.4 is 15.0 Å². The Balaban J connectivity index is 1.56. The van der Waals surface area contributed by atoms with Crippen LogP contribution in [0, 0.1) is 0 Å². The molecule has 2 N–H and O–H groups in total. The topological polar surface area (TPSA) is 70.5 Å². The molecule has 7 heteroatoms. The number of benzene rings is 2. The van der Waals surface area contributed by atoms with Gasteiger partial charge in [0.1, 0.15) is 5.75 Å². The van der Waals surface area contributed by atoms with Gasteiger partial charge < -0.3 is 20.1 Å². The number of hydrogen-bond donors (Lipinski definition) is 2. The standard InChI is InChI=1S/C23H25ClN4O2/c1-30-21-7-6-17(14-20(21)24)15-25-22-18-4-2-3-5-19(18)23(27-26-22)28-11-8-16(9-12-28)10-13-29/h2-8,14,29H,9-13,15H2,1H3,(H,25,26). The summed E-state index contributed by atoms with van der Waals surface area (Å²) in [6.45, 7) is 2.44. The van der Waals surface area contributed by atoms with Crippen molar-refractivity contribution in [2.75, 3.05) is 37.0 Å². The third kappa shape index (κ3) is 4.35. The highest BCUT2D eigenvalue weighted by Gasteiger charge is 2.18. The molecule has 1 aromatic heterocycles. The van der Waals surface area contributed by atoms with E-state index in [4.69, 9.17) is 21.4 Å². The molecule has 0 atom stereocenters. The third-order valence-corrected chi connectivity index (χ3v) is 5.67. The zero-order valence-corrected chi connectivity index (χ0v) is 17.7. The van der Waals surface area contributed by atoms with Crippen LogP contribution >= 0.6 is 11.6 Å². The molecule has 3 aromatic rings. The van der Waals surface area contributed by atoms with E-state index in [9.17, 15) is 0 Å². The van der Waals surface area contributed by atoms with Crippen molar-refractivity contribution in [3.05, 3.63) is 64.7 Å². The number of halogens is 1. The molecular weight excluding hydrogens is 400 g/mol. The molecule has 0 saturated heterocycles. The number of hydrogen-bond acceptors (Lipinski definition) is 6. The predicted molar refractivity (Wildman–Crippen MR) is 121 cm³/mol. The number of nitrogens with one attached hydrogen (secondary N) is 1. The van der Waals surface area contributed by atoms with Gasteiger partial charge in [0, 0.05) is 37.0 Å². The van der Waals surface area contributed by atoms with Gasteiger partial charge in [-0.25, -0.2) is 0 Å². The summed E-state index contributed by atoms with van der Waals surface area (Å²) in [7, 11) is 1.61. The van der Waals surface area contributed by atoms with Gasteiger partial charge in [0.15, 0.2) is 11.6 Å². The van der Waals surface area contributed by atoms with E-state index >= 15 is 0 Å². The second-order valence-electron chi connectivity index (χ2n) is 7.27. The summed E-state index contributed by atoms with van der Waals surface area (Å²) in [5.74, 6) is 2.30. The fraction of sp³-hybridized carbons (Fsp3) is 0.304. The van der Waals surface area contributed by atoms with Crippen molar-refractivity contribution < 1.29 is 9.84 Å². The number of ether oxygens (including phenoxy) is 1. The molecule has 0 unspecified atom stereocenters. The Kier molecular flexibility index (Phi) is 6.35. The summed E-state index contributed by atoms with van der Waals surface area (Å²) in [6.07, 6.45) is 3.88. The first-order valence-corrected chi connectivity index (χ1v) is 10.4. The zero-order chi connectivity index (χ0) is 20.9. The van der Waals surface area contributed by atoms with Gasteiger partial charge >= 0.3 is 0 Å². The monoisotopic (exact) mass is 424 g/mol. The summed E-state index contributed by atoms with van der Waals surface area (Å²) in [5.41, 5.74) is 2.34. The van der Waals surface area contributed by atoms with E-state index < -0.39 is 0 Å². The molecule has 2 heterocycles. The largest absolute Gasteiger partial charge is 0.495 e. The summed E-state index contributed by atoms with van der Waals surface area (Å²) < 4.78 is 5.22. The average molecular weight is 425 g/mol. The fourth-order valence-corrected chi connectivity index (χ4v) is 4.01. The van der Waals surface area contributed by atoms with Gasteiger partial charge in [0.2, 0.25) is 0 Å². The zero-order valence-electron chi connectivity index (χ0n) is 16.9. The molecule has 1 aliphatic rings. The molecule has 0 fully saturated rings. The van der Waals surface area contributed by atoms with Gasteiger partial charge in [-0.15, -0.1) is 10.2 Å². The van der Waals surface area contributed by atoms with Gasteiger partial charge in [-0.3, -0.25) is 0 Å². The quantitative estimate of drug-likeness (QED) is 0.547. The number of aromatic nitrogens is 2. The van der Waals surface area contributed by atoms with Crippen LogP contribution in [0.3, 0.4) is 0 Å². The minimum Gasteiger partial charge on any atom is -0.495 e. The summed E-state index contributed by atoms with van der Waals surface area (Å²) in [4.78, 5) is 2.24. The van der Waals surface area contributed by atoms with Crippen molar-refractivity contribution in [2.45, 2.75) is 19.4 Å². The van der Waals surface area contributed by atoms with Gasteiger partial charge in [-0.05, 0) is 30.5 Å². The Morgan fingerprint density at radius 2 is 2.00 bits per heavy atom. The normalized spacial score (nSPS) is 14.0. The Labute approximate surface area is 181 Å². The van der Waals surface area contributed by atoms with Gasteiger partial charge in [0.25, 0.3) is 0 Å². The van der Waals surface area contributed by atoms with Crippen molar-refractivity contribution in [1.82, 2.24) is 10.2 Å². The van der Waals surface area contributed by atoms with Crippen molar-refractivity contribution >= 4 is 34.0 Å². The number of aliphatic hydroxyl groups excluding tert-OH is 1. The number of aliphatic hydroxyl groups is 1. The molecule has 0 spiro atoms. The Morgan fingerprint density at radius 1 is 1.17 bits per heavy atom. The second-order valence-corrected chi connectivity index (χ2v) is 7.68. The first-order valence-electron chi connectivity index (χ1n) is 10.0. The molecule has 1 aliphatic heterocycles. The van der Waals surface area contributed by atoms with Crippen LogP contribution in [0.25, 0.3) is 10.8 Å². The molecular formula is C23H25ClN4O2. The molecule has 0 radical (unpaired) electrons. The lowest BCUT2D eigenvalue weighted by molar-refractivity contribution is 0.297. The molecule has 0 aliphatic carbocycles. The van der Waals surface area contributed by atoms with E-state index in [0.29, 0.717) is 17.3 Å². The predicted octanol–water partition coefficient (Wildman–Crippen LogP) is 4.42. The van der Waals surface area contributed by atoms with Crippen LogP contribution in [-0.4, -0.2) is 42.1 Å². The minimum atomic E-state index is 0.203. The maximum atomic E-state index is 9.15. The number of fused-ring (bicyclic) bond motifs is 1. The molecule has 4 rings (SSSR count). The number of nitrogens with zero attached hydrogens (tertiary/aromatic N) is 3. The Morgan fingerprint density at radius 3 is 2.70 bits per heavy atom. The first kappa shape index (κ1) is 20.4. The highest BCUT2D eigenvalue weighted by atomic mass is 35.5. The van der Waals surface area contributed by atoms with E-state index in [0.717, 1.165) is 53.9 Å². The van der Waals surface area contributed by atoms with Gasteiger partial charge in [0.05, 0.1) is 12.1 Å². The van der Waals surface area contributed by atoms with Crippen molar-refractivity contribution in [3.8, 4) is 5.75 Å². The minimum absolute atomic E-state index is 0.203. The van der Waals surface area contributed by atoms with E-state index in [2.05, 4.69) is 38.6 Å². The van der Waals surface area contributed by atoms with E-state index in [1.807, 2.05) is 30.3 Å². The molecule has 30 heavy (non-hydrogen) atoms. The van der Waals surface area contributed by atoms with Crippen LogP contribution in [0.2, 0.25) is 5.02 Å². The van der Waals surface area contributed by atoms with E-state index in [-0.39, 0.29) is 6.61 Å². The van der Waals surface area contributed by atoms with Crippen LogP contribution in [0.1, 0.15) is 18.4 Å². The first-order chi connectivity index (χ1) is 14.7. The number of anilines is 2. The third-order valence-electron chi connectivity index (χ3n) is 5.38. The van der Waals surface area contributed by atoms with E-state index in [1.54, 1.807) is 7.11 Å². The van der Waals surface area contributed by atoms with Crippen LogP contribution in [0.15, 0.2) is 54.1 Å². The maximum absolute atomic E-state index is 9.15. The lowest BCUT2D eigenvalue weighted by Crippen LogP contribution is -2.30. The van der Waals surface area contributed by atoms with E-state index in [1.165, 1.54) is 5.57 Å². The number of methoxy groups -OCH3 is 1. The van der Waals surface area contributed by atoms with Crippen LogP contribution in [-0.2, 0) is 6.54 Å². The molecule has 156 valence electrons. The fourth-order valence-electron chi connectivity index (χ4n) is 3.73. The number of rotatable bonds is 7. The van der Waals surface area contributed by atoms with Gasteiger partial charge in [-0.1, -0.05) is 53.6 Å². The molecule has 0 saturated carbocycles. The highest BCUT2D eigenvalue weighted by molar-refractivity contribution is 6.32. The summed E-state index contributed by atoms with van der Waals surface area (Å²) in [6, 6.07) is 13.9. The molecule has 0 amide bonds. The highest BCUT2D eigenvalue weighted by Crippen LogP contribution is 2.31. The molecule has 6 nitrogen and oxygen atoms in total. The average Bonchev–Trinajstić information content (AvgIpc) is 2.78. The van der Waals surface area contributed by atoms with Crippen LogP contribution in [0.5, 0.6) is 5.75 Å². The smallest absolute Gasteiger partial charge is 0.159 e. The second kappa shape index (κ2) is 9.32. The summed E-state index contributed by atoms with van der Waals surface area (Å²) >= 11 is 6.24. The Bertz CT molecular complexity index is 1070. The molecule has 0 bridgehead atoms. The van der Waals surface area contributed by atoms with Crippen LogP contribution in [0.4, 0.5) is 11.6 Å². The SMILES string of the molecule is COc1ccc(CNc2nnc(N3CC=C(CCO)CC3)c3ccccc23)cc1Cl. The molecule has 2 aromatic carbocycles. The Hall–Kier alpha value is -2.83. The summed E-state index contributed by atoms with van der Waals surface area (Å²) in [5, 5.41) is 24.3.